The van der Waals surface area contributed by atoms with E-state index in [-0.39, 0.29) is 5.82 Å². The lowest BCUT2D eigenvalue weighted by Gasteiger charge is -2.19. The fourth-order valence-corrected chi connectivity index (χ4v) is 1.74. The van der Waals surface area contributed by atoms with Gasteiger partial charge in [-0.1, -0.05) is 6.07 Å². The molecule has 0 bridgehead atoms. The monoisotopic (exact) mass is 255 g/mol. The van der Waals surface area contributed by atoms with Gasteiger partial charge in [-0.15, -0.1) is 0 Å². The van der Waals surface area contributed by atoms with Crippen LogP contribution in [0.1, 0.15) is 25.0 Å². The minimum Gasteiger partial charge on any atom is -0.206 e. The van der Waals surface area contributed by atoms with Crippen molar-refractivity contribution in [3.05, 3.63) is 33.5 Å². The van der Waals surface area contributed by atoms with Gasteiger partial charge in [-0.05, 0) is 53.9 Å². The van der Waals surface area contributed by atoms with Crippen LogP contribution in [0, 0.1) is 24.1 Å². The van der Waals surface area contributed by atoms with Crippen molar-refractivity contribution in [3.63, 3.8) is 0 Å². The summed E-state index contributed by atoms with van der Waals surface area (Å²) < 4.78 is 13.6. The van der Waals surface area contributed by atoms with Crippen molar-refractivity contribution in [2.45, 2.75) is 26.2 Å². The Morgan fingerprint density at radius 2 is 2.00 bits per heavy atom. The number of nitriles is 1. The quantitative estimate of drug-likeness (QED) is 0.751. The minimum atomic E-state index is -0.583. The Kier molecular flexibility index (Phi) is 2.96. The highest BCUT2D eigenvalue weighted by Gasteiger charge is 2.23. The van der Waals surface area contributed by atoms with E-state index in [1.165, 1.54) is 6.07 Å². The summed E-state index contributed by atoms with van der Waals surface area (Å²) >= 11 is 3.17. The van der Waals surface area contributed by atoms with Gasteiger partial charge in [0.2, 0.25) is 0 Å². The lowest BCUT2D eigenvalue weighted by Crippen LogP contribution is -2.16. The summed E-state index contributed by atoms with van der Waals surface area (Å²) in [6.07, 6.45) is 0. The van der Waals surface area contributed by atoms with Gasteiger partial charge in [0, 0.05) is 0 Å². The van der Waals surface area contributed by atoms with Crippen molar-refractivity contribution in [3.8, 4) is 6.07 Å². The van der Waals surface area contributed by atoms with E-state index < -0.39 is 5.41 Å². The largest absolute Gasteiger partial charge is 0.206 e. The minimum absolute atomic E-state index is 0.292. The van der Waals surface area contributed by atoms with E-state index in [2.05, 4.69) is 22.0 Å². The first-order chi connectivity index (χ1) is 6.40. The predicted octanol–water partition coefficient (Wildman–Crippen LogP) is 3.70. The zero-order chi connectivity index (χ0) is 10.9. The van der Waals surface area contributed by atoms with Crippen LogP contribution < -0.4 is 0 Å². The van der Waals surface area contributed by atoms with Crippen molar-refractivity contribution in [2.75, 3.05) is 0 Å². The molecular formula is C11H11BrFN. The van der Waals surface area contributed by atoms with Gasteiger partial charge in [0.15, 0.2) is 0 Å². The molecule has 1 aromatic carbocycles. The second kappa shape index (κ2) is 3.70. The molecule has 0 heterocycles. The molecule has 0 radical (unpaired) electrons. The van der Waals surface area contributed by atoms with Gasteiger partial charge in [0.05, 0.1) is 16.0 Å². The molecule has 0 aliphatic rings. The Balaban J connectivity index is 3.41. The first-order valence-electron chi connectivity index (χ1n) is 4.26. The van der Waals surface area contributed by atoms with E-state index in [0.717, 1.165) is 11.1 Å². The van der Waals surface area contributed by atoms with Crippen molar-refractivity contribution in [1.82, 2.24) is 0 Å². The van der Waals surface area contributed by atoms with Gasteiger partial charge < -0.3 is 0 Å². The van der Waals surface area contributed by atoms with Crippen LogP contribution in [0.5, 0.6) is 0 Å². The predicted molar refractivity (Wildman–Crippen MR) is 57.5 cm³/mol. The van der Waals surface area contributed by atoms with Gasteiger partial charge in [0.1, 0.15) is 5.82 Å². The van der Waals surface area contributed by atoms with Crippen molar-refractivity contribution >= 4 is 15.9 Å². The Bertz CT molecular complexity index is 404. The van der Waals surface area contributed by atoms with E-state index in [1.807, 2.05) is 20.8 Å². The normalized spacial score (nSPS) is 11.1. The van der Waals surface area contributed by atoms with E-state index in [4.69, 9.17) is 5.26 Å². The summed E-state index contributed by atoms with van der Waals surface area (Å²) in [4.78, 5) is 0. The maximum absolute atomic E-state index is 13.1. The van der Waals surface area contributed by atoms with Crippen molar-refractivity contribution in [2.24, 2.45) is 0 Å². The molecule has 74 valence electrons. The topological polar surface area (TPSA) is 23.8 Å². The lowest BCUT2D eigenvalue weighted by molar-refractivity contribution is 0.611. The van der Waals surface area contributed by atoms with Crippen LogP contribution in [0.15, 0.2) is 16.6 Å². The highest BCUT2D eigenvalue weighted by molar-refractivity contribution is 9.10. The standard InChI is InChI=1S/C11H11BrFN/c1-7-8(11(2,3)6-14)4-5-9(13)10(7)12/h4-5H,1-3H3. The molecule has 1 nitrogen and oxygen atoms in total. The molecule has 0 unspecified atom stereocenters. The van der Waals surface area contributed by atoms with Crippen molar-refractivity contribution < 1.29 is 4.39 Å². The third kappa shape index (κ3) is 1.80. The Hall–Kier alpha value is -0.880. The Labute approximate surface area is 91.7 Å². The first kappa shape index (κ1) is 11.2. The maximum Gasteiger partial charge on any atom is 0.137 e. The summed E-state index contributed by atoms with van der Waals surface area (Å²) in [5.74, 6) is -0.292. The van der Waals surface area contributed by atoms with Crippen LogP contribution in [-0.2, 0) is 5.41 Å². The number of halogens is 2. The summed E-state index contributed by atoms with van der Waals surface area (Å²) in [6.45, 7) is 5.45. The molecule has 0 saturated carbocycles. The maximum atomic E-state index is 13.1. The molecule has 3 heteroatoms. The van der Waals surface area contributed by atoms with Crippen LogP contribution in [0.25, 0.3) is 0 Å². The van der Waals surface area contributed by atoms with Gasteiger partial charge in [-0.3, -0.25) is 0 Å². The number of hydrogen-bond acceptors (Lipinski definition) is 1. The number of hydrogen-bond donors (Lipinski definition) is 0. The molecular weight excluding hydrogens is 245 g/mol. The number of benzene rings is 1. The second-order valence-electron chi connectivity index (χ2n) is 3.77. The fourth-order valence-electron chi connectivity index (χ4n) is 1.39. The van der Waals surface area contributed by atoms with Gasteiger partial charge in [-0.2, -0.15) is 5.26 Å². The molecule has 0 aromatic heterocycles. The molecule has 0 spiro atoms. The van der Waals surface area contributed by atoms with Gasteiger partial charge >= 0.3 is 0 Å². The van der Waals surface area contributed by atoms with Crippen molar-refractivity contribution in [1.29, 1.82) is 5.26 Å². The third-order valence-corrected chi connectivity index (χ3v) is 3.27. The average molecular weight is 256 g/mol. The molecule has 0 atom stereocenters. The summed E-state index contributed by atoms with van der Waals surface area (Å²) in [5, 5.41) is 8.97. The number of nitrogens with zero attached hydrogens (tertiary/aromatic N) is 1. The van der Waals surface area contributed by atoms with E-state index >= 15 is 0 Å². The molecule has 1 rings (SSSR count). The molecule has 0 N–H and O–H groups in total. The zero-order valence-electron chi connectivity index (χ0n) is 8.36. The molecule has 14 heavy (non-hydrogen) atoms. The van der Waals surface area contributed by atoms with E-state index in [0.29, 0.717) is 4.47 Å². The SMILES string of the molecule is Cc1c(C(C)(C)C#N)ccc(F)c1Br. The molecule has 0 fully saturated rings. The highest BCUT2D eigenvalue weighted by Crippen LogP contribution is 2.31. The summed E-state index contributed by atoms with van der Waals surface area (Å²) in [6, 6.07) is 5.25. The van der Waals surface area contributed by atoms with Crippen LogP contribution in [0.3, 0.4) is 0 Å². The van der Waals surface area contributed by atoms with Gasteiger partial charge in [0.25, 0.3) is 0 Å². The average Bonchev–Trinajstić information content (AvgIpc) is 2.14. The summed E-state index contributed by atoms with van der Waals surface area (Å²) in [5.41, 5.74) is 1.06. The molecule has 0 amide bonds. The summed E-state index contributed by atoms with van der Waals surface area (Å²) in [7, 11) is 0. The second-order valence-corrected chi connectivity index (χ2v) is 4.56. The zero-order valence-corrected chi connectivity index (χ0v) is 9.94. The van der Waals surface area contributed by atoms with E-state index in [1.54, 1.807) is 6.07 Å². The Morgan fingerprint density at radius 1 is 1.43 bits per heavy atom. The van der Waals surface area contributed by atoms with Crippen LogP contribution in [-0.4, -0.2) is 0 Å². The van der Waals surface area contributed by atoms with Crippen LogP contribution in [0.2, 0.25) is 0 Å². The first-order valence-corrected chi connectivity index (χ1v) is 5.06. The molecule has 1 aromatic rings. The number of rotatable bonds is 1. The molecule has 0 saturated heterocycles. The molecule has 0 aliphatic heterocycles. The van der Waals surface area contributed by atoms with E-state index in [9.17, 15) is 4.39 Å². The van der Waals surface area contributed by atoms with Crippen LogP contribution >= 0.6 is 15.9 Å². The molecule has 0 aliphatic carbocycles. The highest BCUT2D eigenvalue weighted by atomic mass is 79.9. The van der Waals surface area contributed by atoms with Crippen LogP contribution in [0.4, 0.5) is 4.39 Å². The smallest absolute Gasteiger partial charge is 0.137 e. The lowest BCUT2D eigenvalue weighted by atomic mass is 9.83. The Morgan fingerprint density at radius 3 is 2.50 bits per heavy atom. The van der Waals surface area contributed by atoms with Gasteiger partial charge in [-0.25, -0.2) is 4.39 Å². The third-order valence-electron chi connectivity index (χ3n) is 2.29. The fraction of sp³-hybridized carbons (Fsp3) is 0.364.